The van der Waals surface area contributed by atoms with Crippen molar-refractivity contribution in [2.24, 2.45) is 0 Å². The molecule has 0 radical (unpaired) electrons. The van der Waals surface area contributed by atoms with Crippen LogP contribution in [0.15, 0.2) is 6.07 Å². The van der Waals surface area contributed by atoms with E-state index < -0.39 is 17.2 Å². The van der Waals surface area contributed by atoms with Gasteiger partial charge in [-0.1, -0.05) is 13.8 Å². The van der Waals surface area contributed by atoms with Crippen LogP contribution < -0.4 is 0 Å². The molecule has 0 amide bonds. The van der Waals surface area contributed by atoms with E-state index in [-0.39, 0.29) is 11.5 Å². The van der Waals surface area contributed by atoms with Crippen LogP contribution in [0.2, 0.25) is 0 Å². The van der Waals surface area contributed by atoms with Crippen LogP contribution in [0.3, 0.4) is 0 Å². The number of nitrogens with zero attached hydrogens (tertiary/aromatic N) is 1. The Balaban J connectivity index is 2.75. The molecule has 1 aromatic heterocycles. The Labute approximate surface area is 113 Å². The Morgan fingerprint density at radius 2 is 1.84 bits per heavy atom. The van der Waals surface area contributed by atoms with Gasteiger partial charge in [-0.3, -0.25) is 4.98 Å². The van der Waals surface area contributed by atoms with E-state index in [9.17, 15) is 9.90 Å². The van der Waals surface area contributed by atoms with Gasteiger partial charge in [0.2, 0.25) is 0 Å². The molecule has 4 heteroatoms. The highest BCUT2D eigenvalue weighted by Crippen LogP contribution is 2.46. The van der Waals surface area contributed by atoms with Gasteiger partial charge in [-0.2, -0.15) is 0 Å². The van der Waals surface area contributed by atoms with Gasteiger partial charge in [-0.05, 0) is 39.7 Å². The molecule has 2 heterocycles. The normalized spacial score (nSPS) is 19.5. The van der Waals surface area contributed by atoms with Crippen LogP contribution in [0.25, 0.3) is 0 Å². The van der Waals surface area contributed by atoms with E-state index in [0.717, 1.165) is 11.3 Å². The largest absolute Gasteiger partial charge is 0.478 e. The van der Waals surface area contributed by atoms with Crippen molar-refractivity contribution in [1.82, 2.24) is 4.98 Å². The number of hydrogen-bond donors (Lipinski definition) is 1. The van der Waals surface area contributed by atoms with Crippen molar-refractivity contribution in [3.8, 4) is 0 Å². The first-order valence-corrected chi connectivity index (χ1v) is 6.55. The minimum absolute atomic E-state index is 0.0657. The molecule has 0 saturated carbocycles. The van der Waals surface area contributed by atoms with E-state index in [1.165, 1.54) is 0 Å². The quantitative estimate of drug-likeness (QED) is 0.888. The molecule has 1 aliphatic heterocycles. The molecule has 0 spiro atoms. The Bertz CT molecular complexity index is 545. The van der Waals surface area contributed by atoms with E-state index in [1.54, 1.807) is 6.07 Å². The standard InChI is InChI=1S/C15H21NO3/c1-8(2)11-9(13(17)18)7-10-12(16-11)15(5,6)19-14(10,3)4/h7-8H,1-6H3,(H,17,18). The molecule has 0 fully saturated rings. The maximum absolute atomic E-state index is 11.4. The lowest BCUT2D eigenvalue weighted by molar-refractivity contribution is -0.106. The first-order valence-electron chi connectivity index (χ1n) is 6.55. The fourth-order valence-corrected chi connectivity index (χ4v) is 2.80. The van der Waals surface area contributed by atoms with E-state index in [2.05, 4.69) is 4.98 Å². The minimum Gasteiger partial charge on any atom is -0.478 e. The fraction of sp³-hybridized carbons (Fsp3) is 0.600. The lowest BCUT2D eigenvalue weighted by atomic mass is 9.91. The van der Waals surface area contributed by atoms with Crippen molar-refractivity contribution in [2.45, 2.75) is 58.7 Å². The molecule has 1 aliphatic rings. The first kappa shape index (κ1) is 14.0. The van der Waals surface area contributed by atoms with E-state index in [0.29, 0.717) is 5.69 Å². The average molecular weight is 263 g/mol. The molecule has 19 heavy (non-hydrogen) atoms. The van der Waals surface area contributed by atoms with Gasteiger partial charge < -0.3 is 9.84 Å². The molecule has 0 unspecified atom stereocenters. The SMILES string of the molecule is CC(C)c1nc2c(cc1C(=O)O)C(C)(C)OC2(C)C. The summed E-state index contributed by atoms with van der Waals surface area (Å²) in [6, 6.07) is 1.73. The zero-order valence-corrected chi connectivity index (χ0v) is 12.4. The number of aromatic nitrogens is 1. The first-order chi connectivity index (χ1) is 8.56. The summed E-state index contributed by atoms with van der Waals surface area (Å²) < 4.78 is 6.02. The lowest BCUT2D eigenvalue weighted by Crippen LogP contribution is -2.22. The maximum atomic E-state index is 11.4. The Morgan fingerprint density at radius 1 is 1.26 bits per heavy atom. The third kappa shape index (κ3) is 2.14. The summed E-state index contributed by atoms with van der Waals surface area (Å²) in [5.41, 5.74) is 1.64. The number of rotatable bonds is 2. The minimum atomic E-state index is -0.931. The van der Waals surface area contributed by atoms with E-state index in [4.69, 9.17) is 4.74 Å². The molecule has 0 aliphatic carbocycles. The van der Waals surface area contributed by atoms with Crippen LogP contribution >= 0.6 is 0 Å². The molecule has 1 N–H and O–H groups in total. The van der Waals surface area contributed by atoms with Gasteiger partial charge in [-0.25, -0.2) is 4.79 Å². The van der Waals surface area contributed by atoms with E-state index in [1.807, 2.05) is 41.5 Å². The number of hydrogen-bond acceptors (Lipinski definition) is 3. The molecule has 0 bridgehead atoms. The third-order valence-corrected chi connectivity index (χ3v) is 3.56. The summed E-state index contributed by atoms with van der Waals surface area (Å²) in [6.07, 6.45) is 0. The van der Waals surface area contributed by atoms with Gasteiger partial charge in [0.05, 0.1) is 22.6 Å². The monoisotopic (exact) mass is 263 g/mol. The summed E-state index contributed by atoms with van der Waals surface area (Å²) in [5, 5.41) is 9.37. The zero-order valence-electron chi connectivity index (χ0n) is 12.4. The fourth-order valence-electron chi connectivity index (χ4n) is 2.80. The summed E-state index contributed by atoms with van der Waals surface area (Å²) in [7, 11) is 0. The molecular weight excluding hydrogens is 242 g/mol. The van der Waals surface area contributed by atoms with E-state index >= 15 is 0 Å². The molecule has 1 aromatic rings. The molecule has 0 saturated heterocycles. The van der Waals surface area contributed by atoms with Gasteiger partial charge >= 0.3 is 5.97 Å². The number of carboxylic acid groups (broad SMARTS) is 1. The second kappa shape index (κ2) is 4.04. The number of carboxylic acids is 1. The van der Waals surface area contributed by atoms with Crippen LogP contribution in [0.1, 0.15) is 74.8 Å². The van der Waals surface area contributed by atoms with Crippen molar-refractivity contribution in [3.63, 3.8) is 0 Å². The predicted molar refractivity (Wildman–Crippen MR) is 72.4 cm³/mol. The lowest BCUT2D eigenvalue weighted by Gasteiger charge is -2.24. The highest BCUT2D eigenvalue weighted by molar-refractivity contribution is 5.89. The van der Waals surface area contributed by atoms with Crippen molar-refractivity contribution < 1.29 is 14.6 Å². The Hall–Kier alpha value is -1.42. The average Bonchev–Trinajstić information content (AvgIpc) is 2.42. The summed E-state index contributed by atoms with van der Waals surface area (Å²) >= 11 is 0. The number of carbonyl (C=O) groups is 1. The molecule has 104 valence electrons. The molecule has 0 atom stereocenters. The number of pyridine rings is 1. The maximum Gasteiger partial charge on any atom is 0.337 e. The van der Waals surface area contributed by atoms with Gasteiger partial charge in [-0.15, -0.1) is 0 Å². The summed E-state index contributed by atoms with van der Waals surface area (Å²) in [4.78, 5) is 16.0. The zero-order chi connectivity index (χ0) is 14.6. The van der Waals surface area contributed by atoms with Gasteiger partial charge in [0.25, 0.3) is 0 Å². The highest BCUT2D eigenvalue weighted by atomic mass is 16.5. The van der Waals surface area contributed by atoms with Gasteiger partial charge in [0, 0.05) is 5.56 Å². The predicted octanol–water partition coefficient (Wildman–Crippen LogP) is 3.40. The van der Waals surface area contributed by atoms with Crippen molar-refractivity contribution in [2.75, 3.05) is 0 Å². The number of ether oxygens (including phenoxy) is 1. The van der Waals surface area contributed by atoms with Crippen LogP contribution in [-0.4, -0.2) is 16.1 Å². The molecular formula is C15H21NO3. The summed E-state index contributed by atoms with van der Waals surface area (Å²) in [5.74, 6) is -0.865. The van der Waals surface area contributed by atoms with Crippen LogP contribution in [0.5, 0.6) is 0 Å². The smallest absolute Gasteiger partial charge is 0.337 e. The van der Waals surface area contributed by atoms with Gasteiger partial charge in [0.15, 0.2) is 0 Å². The van der Waals surface area contributed by atoms with Crippen molar-refractivity contribution in [3.05, 3.63) is 28.6 Å². The second-order valence-corrected chi connectivity index (χ2v) is 6.40. The van der Waals surface area contributed by atoms with Crippen LogP contribution in [-0.2, 0) is 15.9 Å². The highest BCUT2D eigenvalue weighted by Gasteiger charge is 2.45. The number of fused-ring (bicyclic) bond motifs is 1. The third-order valence-electron chi connectivity index (χ3n) is 3.56. The van der Waals surface area contributed by atoms with Crippen LogP contribution in [0, 0.1) is 0 Å². The summed E-state index contributed by atoms with van der Waals surface area (Å²) in [6.45, 7) is 11.7. The molecule has 2 rings (SSSR count). The van der Waals surface area contributed by atoms with Crippen LogP contribution in [0.4, 0.5) is 0 Å². The molecule has 0 aromatic carbocycles. The molecule has 4 nitrogen and oxygen atoms in total. The van der Waals surface area contributed by atoms with Gasteiger partial charge in [0.1, 0.15) is 5.60 Å². The Kier molecular flexibility index (Phi) is 2.97. The second-order valence-electron chi connectivity index (χ2n) is 6.40. The number of aromatic carboxylic acids is 1. The topological polar surface area (TPSA) is 59.4 Å². The van der Waals surface area contributed by atoms with Crippen molar-refractivity contribution >= 4 is 5.97 Å². The van der Waals surface area contributed by atoms with Crippen molar-refractivity contribution in [1.29, 1.82) is 0 Å². The Morgan fingerprint density at radius 3 is 2.32 bits per heavy atom.